The molecule has 27 heavy (non-hydrogen) atoms. The molecule has 3 nitrogen and oxygen atoms in total. The Kier molecular flexibility index (Phi) is 6.62. The van der Waals surface area contributed by atoms with Crippen molar-refractivity contribution < 1.29 is 4.79 Å². The average molecular weight is 371 g/mol. The number of carbonyl (C=O) groups excluding carboxylic acids is 1. The first-order valence-electron chi connectivity index (χ1n) is 11.0. The Bertz CT molecular complexity index is 626. The first-order chi connectivity index (χ1) is 12.9. The Morgan fingerprint density at radius 1 is 1.04 bits per heavy atom. The van der Waals surface area contributed by atoms with Gasteiger partial charge in [-0.1, -0.05) is 52.3 Å². The van der Waals surface area contributed by atoms with Crippen molar-refractivity contribution in [3.63, 3.8) is 0 Å². The summed E-state index contributed by atoms with van der Waals surface area (Å²) < 4.78 is 0. The highest BCUT2D eigenvalue weighted by Gasteiger charge is 2.33. The number of nitrogens with zero attached hydrogens (tertiary/aromatic N) is 2. The normalized spacial score (nSPS) is 25.0. The first kappa shape index (κ1) is 20.4. The smallest absolute Gasteiger partial charge is 0.241 e. The molecule has 0 N–H and O–H groups in total. The fourth-order valence-corrected chi connectivity index (χ4v) is 4.90. The number of para-hydroxylation sites is 1. The van der Waals surface area contributed by atoms with Crippen LogP contribution in [-0.4, -0.2) is 37.0 Å². The predicted molar refractivity (Wildman–Crippen MR) is 114 cm³/mol. The Hall–Kier alpha value is -1.35. The van der Waals surface area contributed by atoms with Crippen molar-refractivity contribution in [2.24, 2.45) is 11.3 Å². The third kappa shape index (κ3) is 4.93. The zero-order chi connectivity index (χ0) is 19.4. The number of rotatable bonds is 5. The van der Waals surface area contributed by atoms with Crippen LogP contribution in [0.2, 0.25) is 0 Å². The van der Waals surface area contributed by atoms with E-state index in [4.69, 9.17) is 0 Å². The summed E-state index contributed by atoms with van der Waals surface area (Å²) in [5.74, 6) is 1.70. The number of hydrogen-bond donors (Lipinski definition) is 0. The third-order valence-corrected chi connectivity index (χ3v) is 6.75. The second-order valence-corrected chi connectivity index (χ2v) is 9.65. The number of piperazine rings is 1. The molecule has 0 unspecified atom stereocenters. The van der Waals surface area contributed by atoms with Gasteiger partial charge >= 0.3 is 0 Å². The molecule has 0 spiro atoms. The largest absolute Gasteiger partial charge is 0.310 e. The van der Waals surface area contributed by atoms with Gasteiger partial charge in [-0.15, -0.1) is 0 Å². The minimum Gasteiger partial charge on any atom is -0.310 e. The summed E-state index contributed by atoms with van der Waals surface area (Å²) in [6.45, 7) is 12.8. The molecule has 1 aliphatic heterocycles. The van der Waals surface area contributed by atoms with Crippen molar-refractivity contribution in [2.75, 3.05) is 31.1 Å². The molecule has 1 saturated heterocycles. The maximum absolute atomic E-state index is 12.9. The van der Waals surface area contributed by atoms with Crippen molar-refractivity contribution in [3.8, 4) is 0 Å². The van der Waals surface area contributed by atoms with Gasteiger partial charge in [0.15, 0.2) is 0 Å². The predicted octanol–water partition coefficient (Wildman–Crippen LogP) is 5.46. The molecule has 0 radical (unpaired) electrons. The molecule has 2 fully saturated rings. The molecule has 1 heterocycles. The lowest BCUT2D eigenvalue weighted by atomic mass is 9.68. The summed E-state index contributed by atoms with van der Waals surface area (Å²) in [7, 11) is 0. The van der Waals surface area contributed by atoms with E-state index in [2.05, 4.69) is 61.8 Å². The fourth-order valence-electron chi connectivity index (χ4n) is 4.90. The van der Waals surface area contributed by atoms with Gasteiger partial charge in [-0.05, 0) is 67.5 Å². The van der Waals surface area contributed by atoms with Crippen LogP contribution in [0.3, 0.4) is 0 Å². The van der Waals surface area contributed by atoms with Gasteiger partial charge in [0, 0.05) is 18.8 Å². The van der Waals surface area contributed by atoms with Crippen molar-refractivity contribution in [3.05, 3.63) is 29.8 Å². The molecule has 1 aliphatic carbocycles. The standard InChI is InChI=1S/C24H38N2O/c1-5-6-15-25-16-17-26(23(27)18-25)22-10-8-7-9-21(22)19-11-13-20(14-12-19)24(2,3)4/h7-10,19-20H,5-6,11-18H2,1-4H3. The quantitative estimate of drug-likeness (QED) is 0.687. The zero-order valence-electron chi connectivity index (χ0n) is 17.8. The molecular weight excluding hydrogens is 332 g/mol. The van der Waals surface area contributed by atoms with Crippen LogP contribution in [0.15, 0.2) is 24.3 Å². The Balaban J connectivity index is 1.69. The Morgan fingerprint density at radius 2 is 1.74 bits per heavy atom. The molecule has 150 valence electrons. The maximum atomic E-state index is 12.9. The highest BCUT2D eigenvalue weighted by molar-refractivity contribution is 5.96. The number of carbonyl (C=O) groups is 1. The lowest BCUT2D eigenvalue weighted by Crippen LogP contribution is -2.51. The molecule has 2 aliphatic rings. The van der Waals surface area contributed by atoms with E-state index in [9.17, 15) is 4.79 Å². The van der Waals surface area contributed by atoms with Gasteiger partial charge in [0.1, 0.15) is 0 Å². The van der Waals surface area contributed by atoms with E-state index in [0.717, 1.165) is 25.6 Å². The van der Waals surface area contributed by atoms with Gasteiger partial charge in [0.2, 0.25) is 5.91 Å². The van der Waals surface area contributed by atoms with Crippen LogP contribution in [0.1, 0.15) is 77.7 Å². The van der Waals surface area contributed by atoms with Crippen molar-refractivity contribution in [2.45, 2.75) is 72.1 Å². The molecule has 1 aromatic carbocycles. The molecule has 3 rings (SSSR count). The summed E-state index contributed by atoms with van der Waals surface area (Å²) in [6, 6.07) is 8.69. The van der Waals surface area contributed by atoms with Gasteiger partial charge < -0.3 is 4.90 Å². The summed E-state index contributed by atoms with van der Waals surface area (Å²) in [4.78, 5) is 17.3. The second kappa shape index (κ2) is 8.77. The van der Waals surface area contributed by atoms with Gasteiger partial charge in [0.05, 0.1) is 6.54 Å². The van der Waals surface area contributed by atoms with Crippen LogP contribution < -0.4 is 4.90 Å². The SMILES string of the molecule is CCCCN1CCN(c2ccccc2C2CCC(C(C)(C)C)CC2)C(=O)C1. The summed E-state index contributed by atoms with van der Waals surface area (Å²) in [6.07, 6.45) is 7.49. The number of unbranched alkanes of at least 4 members (excludes halogenated alkanes) is 1. The van der Waals surface area contributed by atoms with E-state index < -0.39 is 0 Å². The third-order valence-electron chi connectivity index (χ3n) is 6.75. The first-order valence-corrected chi connectivity index (χ1v) is 11.0. The molecule has 3 heteroatoms. The molecule has 0 aromatic heterocycles. The highest BCUT2D eigenvalue weighted by atomic mass is 16.2. The van der Waals surface area contributed by atoms with Crippen molar-refractivity contribution in [1.82, 2.24) is 4.90 Å². The van der Waals surface area contributed by atoms with Crippen molar-refractivity contribution in [1.29, 1.82) is 0 Å². The molecule has 1 saturated carbocycles. The number of anilines is 1. The van der Waals surface area contributed by atoms with Gasteiger partial charge in [-0.3, -0.25) is 9.69 Å². The average Bonchev–Trinajstić information content (AvgIpc) is 2.66. The van der Waals surface area contributed by atoms with E-state index in [1.807, 2.05) is 0 Å². The molecule has 0 atom stereocenters. The highest BCUT2D eigenvalue weighted by Crippen LogP contribution is 2.45. The van der Waals surface area contributed by atoms with Gasteiger partial charge in [0.25, 0.3) is 0 Å². The van der Waals surface area contributed by atoms with Crippen LogP contribution in [0.25, 0.3) is 0 Å². The minimum atomic E-state index is 0.271. The van der Waals surface area contributed by atoms with E-state index in [1.54, 1.807) is 0 Å². The van der Waals surface area contributed by atoms with Crippen LogP contribution in [0.4, 0.5) is 5.69 Å². The number of benzene rings is 1. The zero-order valence-corrected chi connectivity index (χ0v) is 17.8. The van der Waals surface area contributed by atoms with Crippen LogP contribution in [0.5, 0.6) is 0 Å². The van der Waals surface area contributed by atoms with Gasteiger partial charge in [-0.25, -0.2) is 0 Å². The topological polar surface area (TPSA) is 23.6 Å². The second-order valence-electron chi connectivity index (χ2n) is 9.65. The molecular formula is C24H38N2O. The monoisotopic (exact) mass is 370 g/mol. The molecule has 0 bridgehead atoms. The molecule has 1 amide bonds. The van der Waals surface area contributed by atoms with E-state index in [-0.39, 0.29) is 5.91 Å². The maximum Gasteiger partial charge on any atom is 0.241 e. The Morgan fingerprint density at radius 3 is 2.37 bits per heavy atom. The Labute approximate surface area is 166 Å². The van der Waals surface area contributed by atoms with Gasteiger partial charge in [-0.2, -0.15) is 0 Å². The summed E-state index contributed by atoms with van der Waals surface area (Å²) >= 11 is 0. The van der Waals surface area contributed by atoms with E-state index in [0.29, 0.717) is 17.9 Å². The van der Waals surface area contributed by atoms with E-state index in [1.165, 1.54) is 49.8 Å². The lowest BCUT2D eigenvalue weighted by Gasteiger charge is -2.39. The number of hydrogen-bond acceptors (Lipinski definition) is 2. The van der Waals surface area contributed by atoms with Crippen LogP contribution >= 0.6 is 0 Å². The lowest BCUT2D eigenvalue weighted by molar-refractivity contribution is -0.121. The summed E-state index contributed by atoms with van der Waals surface area (Å²) in [5.41, 5.74) is 2.99. The molecule has 1 aromatic rings. The van der Waals surface area contributed by atoms with Crippen molar-refractivity contribution >= 4 is 11.6 Å². The number of amides is 1. The minimum absolute atomic E-state index is 0.271. The fraction of sp³-hybridized carbons (Fsp3) is 0.708. The summed E-state index contributed by atoms with van der Waals surface area (Å²) in [5, 5.41) is 0. The van der Waals surface area contributed by atoms with E-state index >= 15 is 0 Å². The van der Waals surface area contributed by atoms with Crippen LogP contribution in [0, 0.1) is 11.3 Å². The van der Waals surface area contributed by atoms with Crippen LogP contribution in [-0.2, 0) is 4.79 Å².